The molecule has 90 valence electrons. The van der Waals surface area contributed by atoms with Crippen molar-refractivity contribution >= 4 is 10.9 Å². The van der Waals surface area contributed by atoms with Crippen LogP contribution < -0.4 is 10.1 Å². The van der Waals surface area contributed by atoms with Crippen LogP contribution in [0.25, 0.3) is 10.9 Å². The Morgan fingerprint density at radius 1 is 1.24 bits per heavy atom. The molecule has 0 unspecified atom stereocenters. The fourth-order valence-electron chi connectivity index (χ4n) is 2.82. The summed E-state index contributed by atoms with van der Waals surface area (Å²) in [6.45, 7) is 2.15. The van der Waals surface area contributed by atoms with Crippen LogP contribution in [0.4, 0.5) is 0 Å². The van der Waals surface area contributed by atoms with E-state index in [1.54, 1.807) is 7.11 Å². The minimum Gasteiger partial charge on any atom is -0.497 e. The summed E-state index contributed by atoms with van der Waals surface area (Å²) in [5, 5.41) is 4.81. The number of aryl methyl sites for hydroxylation is 1. The number of fused-ring (bicyclic) bond motifs is 3. The van der Waals surface area contributed by atoms with E-state index >= 15 is 0 Å². The topological polar surface area (TPSA) is 26.2 Å². The standard InChI is InChI=1S/C14H18N2O/c1-16-13-4-3-10(17-2)9-12(13)11-5-7-15-8-6-14(11)16/h3-4,9,15H,5-8H2,1-2H3. The third kappa shape index (κ3) is 1.62. The van der Waals surface area contributed by atoms with E-state index in [4.69, 9.17) is 4.74 Å². The first-order chi connectivity index (χ1) is 8.31. The summed E-state index contributed by atoms with van der Waals surface area (Å²) in [6, 6.07) is 6.37. The van der Waals surface area contributed by atoms with Gasteiger partial charge in [-0.05, 0) is 36.7 Å². The Morgan fingerprint density at radius 2 is 2.06 bits per heavy atom. The van der Waals surface area contributed by atoms with Gasteiger partial charge in [0.1, 0.15) is 5.75 Å². The van der Waals surface area contributed by atoms with Gasteiger partial charge in [0.15, 0.2) is 0 Å². The van der Waals surface area contributed by atoms with Crippen molar-refractivity contribution in [3.05, 3.63) is 29.5 Å². The Kier molecular flexibility index (Phi) is 2.56. The molecule has 1 N–H and O–H groups in total. The number of hydrogen-bond donors (Lipinski definition) is 1. The maximum absolute atomic E-state index is 5.33. The van der Waals surface area contributed by atoms with Crippen molar-refractivity contribution in [3.8, 4) is 5.75 Å². The normalized spacial score (nSPS) is 15.6. The van der Waals surface area contributed by atoms with Crippen LogP contribution >= 0.6 is 0 Å². The van der Waals surface area contributed by atoms with E-state index in [-0.39, 0.29) is 0 Å². The zero-order valence-corrected chi connectivity index (χ0v) is 10.4. The average molecular weight is 230 g/mol. The summed E-state index contributed by atoms with van der Waals surface area (Å²) >= 11 is 0. The largest absolute Gasteiger partial charge is 0.497 e. The second kappa shape index (κ2) is 4.08. The lowest BCUT2D eigenvalue weighted by Crippen LogP contribution is -2.16. The summed E-state index contributed by atoms with van der Waals surface area (Å²) in [4.78, 5) is 0. The smallest absolute Gasteiger partial charge is 0.119 e. The molecule has 3 nitrogen and oxygen atoms in total. The Labute approximate surface area is 101 Å². The monoisotopic (exact) mass is 230 g/mol. The molecule has 0 radical (unpaired) electrons. The Morgan fingerprint density at radius 3 is 2.88 bits per heavy atom. The molecular weight excluding hydrogens is 212 g/mol. The highest BCUT2D eigenvalue weighted by Gasteiger charge is 2.17. The SMILES string of the molecule is COc1ccc2c(c1)c1c(n2C)CCNCC1. The third-order valence-corrected chi connectivity index (χ3v) is 3.73. The van der Waals surface area contributed by atoms with Crippen LogP contribution in [-0.2, 0) is 19.9 Å². The highest BCUT2D eigenvalue weighted by molar-refractivity contribution is 5.87. The molecular formula is C14H18N2O. The summed E-state index contributed by atoms with van der Waals surface area (Å²) in [5.74, 6) is 0.947. The van der Waals surface area contributed by atoms with E-state index in [0.29, 0.717) is 0 Å². The predicted octanol–water partition coefficient (Wildman–Crippen LogP) is 1.88. The van der Waals surface area contributed by atoms with E-state index in [2.05, 4.69) is 29.1 Å². The molecule has 0 atom stereocenters. The number of methoxy groups -OCH3 is 1. The van der Waals surface area contributed by atoms with Gasteiger partial charge in [-0.3, -0.25) is 0 Å². The van der Waals surface area contributed by atoms with Gasteiger partial charge in [0.25, 0.3) is 0 Å². The van der Waals surface area contributed by atoms with Crippen LogP contribution in [0.1, 0.15) is 11.3 Å². The van der Waals surface area contributed by atoms with Gasteiger partial charge in [-0.1, -0.05) is 0 Å². The molecule has 0 spiro atoms. The molecule has 2 heterocycles. The first-order valence-electron chi connectivity index (χ1n) is 6.16. The van der Waals surface area contributed by atoms with Gasteiger partial charge in [0.2, 0.25) is 0 Å². The van der Waals surface area contributed by atoms with Gasteiger partial charge in [0, 0.05) is 36.6 Å². The molecule has 17 heavy (non-hydrogen) atoms. The number of aromatic nitrogens is 1. The molecule has 0 bridgehead atoms. The van der Waals surface area contributed by atoms with Crippen LogP contribution in [0.2, 0.25) is 0 Å². The second-order valence-electron chi connectivity index (χ2n) is 4.62. The van der Waals surface area contributed by atoms with E-state index in [1.165, 1.54) is 22.2 Å². The second-order valence-corrected chi connectivity index (χ2v) is 4.62. The van der Waals surface area contributed by atoms with Crippen LogP contribution in [-0.4, -0.2) is 24.8 Å². The van der Waals surface area contributed by atoms with Crippen LogP contribution in [0.5, 0.6) is 5.75 Å². The van der Waals surface area contributed by atoms with Crippen molar-refractivity contribution in [1.82, 2.24) is 9.88 Å². The van der Waals surface area contributed by atoms with E-state index in [9.17, 15) is 0 Å². The van der Waals surface area contributed by atoms with Gasteiger partial charge in [-0.15, -0.1) is 0 Å². The van der Waals surface area contributed by atoms with Crippen LogP contribution in [0.15, 0.2) is 18.2 Å². The first-order valence-corrected chi connectivity index (χ1v) is 6.16. The molecule has 0 aliphatic carbocycles. The van der Waals surface area contributed by atoms with Gasteiger partial charge in [-0.2, -0.15) is 0 Å². The fourth-order valence-corrected chi connectivity index (χ4v) is 2.82. The average Bonchev–Trinajstić information content (AvgIpc) is 2.57. The zero-order valence-electron chi connectivity index (χ0n) is 10.4. The molecule has 1 aliphatic heterocycles. The molecule has 0 amide bonds. The number of rotatable bonds is 1. The van der Waals surface area contributed by atoms with Crippen molar-refractivity contribution in [2.24, 2.45) is 7.05 Å². The van der Waals surface area contributed by atoms with E-state index < -0.39 is 0 Å². The maximum atomic E-state index is 5.33. The van der Waals surface area contributed by atoms with Crippen molar-refractivity contribution < 1.29 is 4.74 Å². The van der Waals surface area contributed by atoms with Crippen molar-refractivity contribution in [1.29, 1.82) is 0 Å². The first kappa shape index (κ1) is 10.7. The van der Waals surface area contributed by atoms with Gasteiger partial charge < -0.3 is 14.6 Å². The summed E-state index contributed by atoms with van der Waals surface area (Å²) in [6.07, 6.45) is 2.22. The Bertz CT molecular complexity index is 557. The third-order valence-electron chi connectivity index (χ3n) is 3.73. The summed E-state index contributed by atoms with van der Waals surface area (Å²) < 4.78 is 7.66. The molecule has 3 rings (SSSR count). The highest BCUT2D eigenvalue weighted by Crippen LogP contribution is 2.30. The molecule has 0 fully saturated rings. The quantitative estimate of drug-likeness (QED) is 0.809. The minimum atomic E-state index is 0.947. The number of nitrogens with one attached hydrogen (secondary N) is 1. The van der Waals surface area contributed by atoms with Gasteiger partial charge in [-0.25, -0.2) is 0 Å². The molecule has 0 saturated carbocycles. The Balaban J connectivity index is 2.27. The summed E-state index contributed by atoms with van der Waals surface area (Å²) in [5.41, 5.74) is 4.28. The fraction of sp³-hybridized carbons (Fsp3) is 0.429. The lowest BCUT2D eigenvalue weighted by atomic mass is 10.1. The van der Waals surface area contributed by atoms with Crippen LogP contribution in [0.3, 0.4) is 0 Å². The van der Waals surface area contributed by atoms with Crippen molar-refractivity contribution in [2.75, 3.05) is 20.2 Å². The van der Waals surface area contributed by atoms with Gasteiger partial charge in [0.05, 0.1) is 7.11 Å². The maximum Gasteiger partial charge on any atom is 0.119 e. The minimum absolute atomic E-state index is 0.947. The number of ether oxygens (including phenoxy) is 1. The molecule has 0 saturated heterocycles. The molecule has 3 heteroatoms. The molecule has 2 aromatic rings. The van der Waals surface area contributed by atoms with Crippen molar-refractivity contribution in [2.45, 2.75) is 12.8 Å². The zero-order chi connectivity index (χ0) is 11.8. The Hall–Kier alpha value is -1.48. The molecule has 1 aromatic carbocycles. The lowest BCUT2D eigenvalue weighted by molar-refractivity contribution is 0.415. The van der Waals surface area contributed by atoms with Crippen molar-refractivity contribution in [3.63, 3.8) is 0 Å². The van der Waals surface area contributed by atoms with Crippen LogP contribution in [0, 0.1) is 0 Å². The lowest BCUT2D eigenvalue weighted by Gasteiger charge is -2.03. The highest BCUT2D eigenvalue weighted by atomic mass is 16.5. The molecule has 1 aromatic heterocycles. The predicted molar refractivity (Wildman–Crippen MR) is 69.7 cm³/mol. The van der Waals surface area contributed by atoms with Gasteiger partial charge >= 0.3 is 0 Å². The number of nitrogens with zero attached hydrogens (tertiary/aromatic N) is 1. The molecule has 1 aliphatic rings. The van der Waals surface area contributed by atoms with E-state index in [0.717, 1.165) is 31.7 Å². The van der Waals surface area contributed by atoms with E-state index in [1.807, 2.05) is 6.07 Å². The number of benzene rings is 1. The summed E-state index contributed by atoms with van der Waals surface area (Å²) in [7, 11) is 3.89. The number of hydrogen-bond acceptors (Lipinski definition) is 2.